The van der Waals surface area contributed by atoms with Gasteiger partial charge in [-0.1, -0.05) is 117 Å². The maximum Gasteiger partial charge on any atom is 0.256 e. The van der Waals surface area contributed by atoms with Gasteiger partial charge in [-0.15, -0.1) is 0 Å². The summed E-state index contributed by atoms with van der Waals surface area (Å²) in [7, 11) is 2.21. The van der Waals surface area contributed by atoms with Crippen molar-refractivity contribution in [2.24, 2.45) is 7.05 Å². The maximum absolute atomic E-state index is 2.49. The molecule has 0 aromatic carbocycles. The number of aryl methyl sites for hydroxylation is 2. The van der Waals surface area contributed by atoms with E-state index in [9.17, 15) is 0 Å². The minimum absolute atomic E-state index is 1.20. The van der Waals surface area contributed by atoms with Crippen LogP contribution in [0.2, 0.25) is 0 Å². The van der Waals surface area contributed by atoms with Gasteiger partial charge >= 0.3 is 0 Å². The number of nitrogens with zero attached hydrogens (tertiary/aromatic N) is 2. The van der Waals surface area contributed by atoms with Gasteiger partial charge in [-0.25, -0.2) is 9.13 Å². The summed E-state index contributed by atoms with van der Waals surface area (Å²) in [5, 5.41) is 0. The molecule has 170 valence electrons. The van der Waals surface area contributed by atoms with E-state index in [0.717, 1.165) is 0 Å². The molecule has 0 radical (unpaired) electrons. The molecule has 0 aliphatic heterocycles. The Kier molecular flexibility index (Phi) is 17.4. The van der Waals surface area contributed by atoms with Crippen molar-refractivity contribution in [3.05, 3.63) is 18.2 Å². The van der Waals surface area contributed by atoms with Crippen LogP contribution < -0.4 is 4.57 Å². The Hall–Kier alpha value is -0.790. The largest absolute Gasteiger partial charge is 0.256 e. The predicted molar refractivity (Wildman–Crippen MR) is 128 cm³/mol. The van der Waals surface area contributed by atoms with Crippen molar-refractivity contribution >= 4 is 0 Å². The van der Waals surface area contributed by atoms with Gasteiger partial charge in [-0.2, -0.15) is 0 Å². The van der Waals surface area contributed by atoms with Crippen LogP contribution in [0, 0.1) is 0 Å². The summed E-state index contributed by atoms with van der Waals surface area (Å²) in [4.78, 5) is 0. The van der Waals surface area contributed by atoms with Crippen molar-refractivity contribution in [1.82, 2.24) is 4.57 Å². The van der Waals surface area contributed by atoms with E-state index < -0.39 is 0 Å². The van der Waals surface area contributed by atoms with Gasteiger partial charge < -0.3 is 0 Å². The van der Waals surface area contributed by atoms with Gasteiger partial charge in [0.1, 0.15) is 12.4 Å². The Morgan fingerprint density at radius 3 is 1.48 bits per heavy atom. The Morgan fingerprint density at radius 2 is 1.00 bits per heavy atom. The molecule has 0 N–H and O–H groups in total. The minimum atomic E-state index is 1.20. The molecule has 1 heterocycles. The third kappa shape index (κ3) is 13.9. The molecule has 0 amide bonds. The molecule has 29 heavy (non-hydrogen) atoms. The standard InChI is InChI=1S/C27H53N2/c1-4-6-8-9-10-11-12-13-14-15-16-17-18-19-20-21-23-27-28(3)25-26-29(27)24-22-7-5-2/h25-26H,4-24H2,1-3H3/q+1. The van der Waals surface area contributed by atoms with Gasteiger partial charge in [0.15, 0.2) is 0 Å². The summed E-state index contributed by atoms with van der Waals surface area (Å²) in [6, 6.07) is 0. The van der Waals surface area contributed by atoms with E-state index >= 15 is 0 Å². The summed E-state index contributed by atoms with van der Waals surface area (Å²) < 4.78 is 4.82. The summed E-state index contributed by atoms with van der Waals surface area (Å²) >= 11 is 0. The maximum atomic E-state index is 2.49. The molecule has 0 aliphatic carbocycles. The molecule has 0 fully saturated rings. The summed E-state index contributed by atoms with van der Waals surface area (Å²) in [5.74, 6) is 1.52. The van der Waals surface area contributed by atoms with Crippen LogP contribution in [0.15, 0.2) is 12.4 Å². The normalized spacial score (nSPS) is 11.4. The second kappa shape index (κ2) is 19.2. The van der Waals surface area contributed by atoms with Crippen molar-refractivity contribution < 1.29 is 4.57 Å². The zero-order chi connectivity index (χ0) is 21.0. The average Bonchev–Trinajstić information content (AvgIpc) is 3.07. The first-order valence-corrected chi connectivity index (χ1v) is 13.3. The molecule has 2 heteroatoms. The molecule has 1 aromatic heterocycles. The first kappa shape index (κ1) is 26.2. The highest BCUT2D eigenvalue weighted by Crippen LogP contribution is 2.14. The molecular weight excluding hydrogens is 352 g/mol. The van der Waals surface area contributed by atoms with Gasteiger partial charge in [0.25, 0.3) is 5.82 Å². The van der Waals surface area contributed by atoms with Crippen LogP contribution in [0.4, 0.5) is 0 Å². The van der Waals surface area contributed by atoms with Crippen LogP contribution >= 0.6 is 0 Å². The SMILES string of the molecule is CCCCCCCCCCCCCCCCCCc1n(CCCCC)cc[n+]1C. The second-order valence-corrected chi connectivity index (χ2v) is 9.28. The minimum Gasteiger partial charge on any atom is -0.237 e. The lowest BCUT2D eigenvalue weighted by Crippen LogP contribution is -2.32. The third-order valence-electron chi connectivity index (χ3n) is 6.47. The van der Waals surface area contributed by atoms with Crippen LogP contribution in [0.25, 0.3) is 0 Å². The zero-order valence-electron chi connectivity index (χ0n) is 20.4. The van der Waals surface area contributed by atoms with E-state index in [2.05, 4.69) is 42.4 Å². The molecule has 0 unspecified atom stereocenters. The molecule has 0 aliphatic rings. The number of imidazole rings is 1. The number of unbranched alkanes of at least 4 members (excludes halogenated alkanes) is 17. The lowest BCUT2D eigenvalue weighted by atomic mass is 10.0. The van der Waals surface area contributed by atoms with Gasteiger partial charge in [-0.05, 0) is 19.3 Å². The van der Waals surface area contributed by atoms with Gasteiger partial charge in [-0.3, -0.25) is 0 Å². The summed E-state index contributed by atoms with van der Waals surface area (Å²) in [5.41, 5.74) is 0. The molecule has 0 saturated carbocycles. The highest BCUT2D eigenvalue weighted by Gasteiger charge is 2.13. The number of aromatic nitrogens is 2. The summed E-state index contributed by atoms with van der Waals surface area (Å²) in [6.07, 6.45) is 32.8. The fourth-order valence-electron chi connectivity index (χ4n) is 4.44. The predicted octanol–water partition coefficient (Wildman–Crippen LogP) is 8.31. The molecule has 0 saturated heterocycles. The van der Waals surface area contributed by atoms with Crippen molar-refractivity contribution in [2.75, 3.05) is 0 Å². The fraction of sp³-hybridized carbons (Fsp3) is 0.889. The Balaban J connectivity index is 1.89. The first-order valence-electron chi connectivity index (χ1n) is 13.3. The summed E-state index contributed by atoms with van der Waals surface area (Å²) in [6.45, 7) is 5.78. The van der Waals surface area contributed by atoms with Crippen molar-refractivity contribution in [3.8, 4) is 0 Å². The highest BCUT2D eigenvalue weighted by molar-refractivity contribution is 4.84. The van der Waals surface area contributed by atoms with Crippen molar-refractivity contribution in [1.29, 1.82) is 0 Å². The molecular formula is C27H53N2+. The van der Waals surface area contributed by atoms with Crippen molar-refractivity contribution in [3.63, 3.8) is 0 Å². The van der Waals surface area contributed by atoms with Gasteiger partial charge in [0.05, 0.1) is 13.6 Å². The van der Waals surface area contributed by atoms with E-state index in [0.29, 0.717) is 0 Å². The van der Waals surface area contributed by atoms with E-state index in [1.807, 2.05) is 0 Å². The van der Waals surface area contributed by atoms with Crippen LogP contribution in [0.5, 0.6) is 0 Å². The molecule has 0 bridgehead atoms. The van der Waals surface area contributed by atoms with Crippen LogP contribution in [0.1, 0.15) is 142 Å². The average molecular weight is 406 g/mol. The monoisotopic (exact) mass is 405 g/mol. The Bertz CT molecular complexity index is 463. The number of hydrogen-bond acceptors (Lipinski definition) is 0. The fourth-order valence-corrected chi connectivity index (χ4v) is 4.44. The number of rotatable bonds is 21. The van der Waals surface area contributed by atoms with E-state index in [1.165, 1.54) is 141 Å². The molecule has 0 atom stereocenters. The Morgan fingerprint density at radius 1 is 0.586 bits per heavy atom. The topological polar surface area (TPSA) is 8.81 Å². The molecule has 1 rings (SSSR count). The third-order valence-corrected chi connectivity index (χ3v) is 6.47. The zero-order valence-corrected chi connectivity index (χ0v) is 20.4. The first-order chi connectivity index (χ1) is 14.3. The lowest BCUT2D eigenvalue weighted by Gasteiger charge is -2.04. The van der Waals surface area contributed by atoms with E-state index in [4.69, 9.17) is 0 Å². The van der Waals surface area contributed by atoms with Gasteiger partial charge in [0.2, 0.25) is 0 Å². The number of hydrogen-bond donors (Lipinski definition) is 0. The molecule has 0 spiro atoms. The quantitative estimate of drug-likeness (QED) is 0.144. The van der Waals surface area contributed by atoms with Crippen LogP contribution in [-0.4, -0.2) is 4.57 Å². The second-order valence-electron chi connectivity index (χ2n) is 9.28. The Labute approximate surface area is 183 Å². The van der Waals surface area contributed by atoms with E-state index in [-0.39, 0.29) is 0 Å². The smallest absolute Gasteiger partial charge is 0.237 e. The molecule has 2 nitrogen and oxygen atoms in total. The van der Waals surface area contributed by atoms with Crippen LogP contribution in [0.3, 0.4) is 0 Å². The lowest BCUT2D eigenvalue weighted by molar-refractivity contribution is -0.678. The highest BCUT2D eigenvalue weighted by atomic mass is 15.1. The van der Waals surface area contributed by atoms with E-state index in [1.54, 1.807) is 0 Å². The molecule has 1 aromatic rings. The van der Waals surface area contributed by atoms with Crippen molar-refractivity contribution in [2.45, 2.75) is 149 Å². The van der Waals surface area contributed by atoms with Crippen LogP contribution in [-0.2, 0) is 20.0 Å². The van der Waals surface area contributed by atoms with Gasteiger partial charge in [0, 0.05) is 6.42 Å².